The highest BCUT2D eigenvalue weighted by molar-refractivity contribution is 5.01. The normalized spacial score (nSPS) is 12.8. The zero-order valence-electron chi connectivity index (χ0n) is 8.96. The summed E-state index contributed by atoms with van der Waals surface area (Å²) in [6.45, 7) is 4.20. The van der Waals surface area contributed by atoms with Crippen LogP contribution in [0.25, 0.3) is 0 Å². The van der Waals surface area contributed by atoms with E-state index in [1.165, 1.54) is 0 Å². The number of ether oxygens (including phenoxy) is 2. The Kier molecular flexibility index (Phi) is 6.41. The molecule has 0 fully saturated rings. The quantitative estimate of drug-likeness (QED) is 0.647. The highest BCUT2D eigenvalue weighted by atomic mass is 16.5. The summed E-state index contributed by atoms with van der Waals surface area (Å²) in [6, 6.07) is 0. The lowest BCUT2D eigenvalue weighted by atomic mass is 10.1. The smallest absolute Gasteiger partial charge is 0.158 e. The highest BCUT2D eigenvalue weighted by Gasteiger charge is 2.07. The molecule has 3 heteroatoms. The van der Waals surface area contributed by atoms with E-state index < -0.39 is 0 Å². The molecule has 1 N–H and O–H groups in total. The van der Waals surface area contributed by atoms with Crippen LogP contribution in [0.2, 0.25) is 0 Å². The van der Waals surface area contributed by atoms with Crippen molar-refractivity contribution < 1.29 is 14.6 Å². The van der Waals surface area contributed by atoms with Crippen molar-refractivity contribution >= 4 is 0 Å². The van der Waals surface area contributed by atoms with Gasteiger partial charge in [0.05, 0.1) is 14.2 Å². The highest BCUT2D eigenvalue weighted by Crippen LogP contribution is 2.16. The third kappa shape index (κ3) is 4.78. The van der Waals surface area contributed by atoms with E-state index in [-0.39, 0.29) is 6.61 Å². The predicted molar refractivity (Wildman–Crippen MR) is 52.2 cm³/mol. The fourth-order valence-corrected chi connectivity index (χ4v) is 1.04. The molecule has 0 rings (SSSR count). The van der Waals surface area contributed by atoms with Gasteiger partial charge in [-0.05, 0) is 12.3 Å². The van der Waals surface area contributed by atoms with Gasteiger partial charge in [-0.25, -0.2) is 0 Å². The number of hydrogen-bond acceptors (Lipinski definition) is 3. The number of aliphatic hydroxyl groups is 1. The number of allylic oxidation sites excluding steroid dienone is 1. The maximum Gasteiger partial charge on any atom is 0.158 e. The first-order chi connectivity index (χ1) is 6.15. The van der Waals surface area contributed by atoms with Crippen LogP contribution in [0.5, 0.6) is 0 Å². The van der Waals surface area contributed by atoms with Gasteiger partial charge in [0.1, 0.15) is 12.4 Å². The minimum Gasteiger partial charge on any atom is -0.498 e. The van der Waals surface area contributed by atoms with Gasteiger partial charge in [-0.3, -0.25) is 0 Å². The van der Waals surface area contributed by atoms with Crippen LogP contribution >= 0.6 is 0 Å². The standard InChI is InChI=1S/C10H20O3/c1-8(2)5-6-9(12-3)10(7-11)13-4/h8,11H,5-7H2,1-4H3. The molecule has 0 heterocycles. The molecule has 0 aromatic rings. The van der Waals surface area contributed by atoms with Crippen LogP contribution in [0.1, 0.15) is 26.7 Å². The Morgan fingerprint density at radius 3 is 2.00 bits per heavy atom. The van der Waals surface area contributed by atoms with E-state index in [9.17, 15) is 0 Å². The van der Waals surface area contributed by atoms with Crippen molar-refractivity contribution in [3.8, 4) is 0 Å². The maximum absolute atomic E-state index is 8.93. The predicted octanol–water partition coefficient (Wildman–Crippen LogP) is 1.92. The van der Waals surface area contributed by atoms with Crippen molar-refractivity contribution in [3.05, 3.63) is 11.5 Å². The van der Waals surface area contributed by atoms with Crippen molar-refractivity contribution in [2.45, 2.75) is 26.7 Å². The average Bonchev–Trinajstić information content (AvgIpc) is 2.11. The molecule has 0 radical (unpaired) electrons. The van der Waals surface area contributed by atoms with Gasteiger partial charge in [0.15, 0.2) is 5.76 Å². The third-order valence-corrected chi connectivity index (χ3v) is 1.90. The minimum atomic E-state index is -0.0994. The summed E-state index contributed by atoms with van der Waals surface area (Å²) in [5.74, 6) is 1.91. The molecule has 13 heavy (non-hydrogen) atoms. The molecular weight excluding hydrogens is 168 g/mol. The molecule has 0 unspecified atom stereocenters. The van der Waals surface area contributed by atoms with Crippen LogP contribution in [0.15, 0.2) is 11.5 Å². The topological polar surface area (TPSA) is 38.7 Å². The third-order valence-electron chi connectivity index (χ3n) is 1.90. The molecule has 3 nitrogen and oxygen atoms in total. The first-order valence-corrected chi connectivity index (χ1v) is 4.56. The molecule has 0 amide bonds. The zero-order valence-corrected chi connectivity index (χ0v) is 8.96. The lowest BCUT2D eigenvalue weighted by Gasteiger charge is -2.12. The number of aliphatic hydroxyl groups excluding tert-OH is 1. The summed E-state index contributed by atoms with van der Waals surface area (Å²) < 4.78 is 10.1. The Balaban J connectivity index is 4.20. The van der Waals surface area contributed by atoms with Gasteiger partial charge in [0.25, 0.3) is 0 Å². The number of hydrogen-bond donors (Lipinski definition) is 1. The Labute approximate surface area is 80.4 Å². The van der Waals surface area contributed by atoms with Crippen LogP contribution in [0.4, 0.5) is 0 Å². The second-order valence-electron chi connectivity index (χ2n) is 3.35. The van der Waals surface area contributed by atoms with Crippen LogP contribution in [-0.4, -0.2) is 25.9 Å². The van der Waals surface area contributed by atoms with Gasteiger partial charge >= 0.3 is 0 Å². The number of rotatable bonds is 6. The van der Waals surface area contributed by atoms with Gasteiger partial charge in [0.2, 0.25) is 0 Å². The first kappa shape index (κ1) is 12.3. The van der Waals surface area contributed by atoms with Crippen LogP contribution in [0, 0.1) is 5.92 Å². The Hall–Kier alpha value is -0.700. The first-order valence-electron chi connectivity index (χ1n) is 4.56. The van der Waals surface area contributed by atoms with Gasteiger partial charge in [-0.1, -0.05) is 13.8 Å². The summed E-state index contributed by atoms with van der Waals surface area (Å²) in [7, 11) is 3.14. The Morgan fingerprint density at radius 2 is 1.69 bits per heavy atom. The largest absolute Gasteiger partial charge is 0.498 e. The lowest BCUT2D eigenvalue weighted by molar-refractivity contribution is 0.164. The van der Waals surface area contributed by atoms with Crippen molar-refractivity contribution in [2.24, 2.45) is 5.92 Å². The van der Waals surface area contributed by atoms with E-state index in [0.29, 0.717) is 11.7 Å². The van der Waals surface area contributed by atoms with Crippen molar-refractivity contribution in [1.82, 2.24) is 0 Å². The van der Waals surface area contributed by atoms with Gasteiger partial charge in [0, 0.05) is 6.42 Å². The van der Waals surface area contributed by atoms with Crippen LogP contribution in [0.3, 0.4) is 0 Å². The molecule has 0 aliphatic rings. The molecule has 0 spiro atoms. The molecule has 0 saturated heterocycles. The van der Waals surface area contributed by atoms with Crippen molar-refractivity contribution in [1.29, 1.82) is 0 Å². The summed E-state index contributed by atoms with van der Waals surface area (Å²) >= 11 is 0. The minimum absolute atomic E-state index is 0.0994. The fraction of sp³-hybridized carbons (Fsp3) is 0.800. The lowest BCUT2D eigenvalue weighted by Crippen LogP contribution is -2.02. The number of methoxy groups -OCH3 is 2. The molecule has 0 saturated carbocycles. The van der Waals surface area contributed by atoms with E-state index in [2.05, 4.69) is 13.8 Å². The monoisotopic (exact) mass is 188 g/mol. The molecule has 0 aromatic carbocycles. The van der Waals surface area contributed by atoms with E-state index >= 15 is 0 Å². The summed E-state index contributed by atoms with van der Waals surface area (Å²) in [5, 5.41) is 8.93. The van der Waals surface area contributed by atoms with Gasteiger partial charge in [-0.15, -0.1) is 0 Å². The fourth-order valence-electron chi connectivity index (χ4n) is 1.04. The van der Waals surface area contributed by atoms with E-state index in [4.69, 9.17) is 14.6 Å². The summed E-state index contributed by atoms with van der Waals surface area (Å²) in [6.07, 6.45) is 1.86. The second-order valence-corrected chi connectivity index (χ2v) is 3.35. The summed E-state index contributed by atoms with van der Waals surface area (Å²) in [5.41, 5.74) is 0. The maximum atomic E-state index is 8.93. The zero-order chi connectivity index (χ0) is 10.3. The van der Waals surface area contributed by atoms with E-state index in [0.717, 1.165) is 18.6 Å². The SMILES string of the molecule is COC(CO)=C(CCC(C)C)OC. The van der Waals surface area contributed by atoms with E-state index in [1.54, 1.807) is 14.2 Å². The Bertz CT molecular complexity index is 156. The molecule has 0 atom stereocenters. The van der Waals surface area contributed by atoms with E-state index in [1.807, 2.05) is 0 Å². The van der Waals surface area contributed by atoms with Gasteiger partial charge < -0.3 is 14.6 Å². The average molecular weight is 188 g/mol. The Morgan fingerprint density at radius 1 is 1.15 bits per heavy atom. The molecule has 0 bridgehead atoms. The molecule has 0 aliphatic heterocycles. The summed E-state index contributed by atoms with van der Waals surface area (Å²) in [4.78, 5) is 0. The molecule has 0 aromatic heterocycles. The molecule has 0 aliphatic carbocycles. The second kappa shape index (κ2) is 6.78. The van der Waals surface area contributed by atoms with Crippen LogP contribution in [-0.2, 0) is 9.47 Å². The van der Waals surface area contributed by atoms with Gasteiger partial charge in [-0.2, -0.15) is 0 Å². The molecule has 78 valence electrons. The van der Waals surface area contributed by atoms with Crippen molar-refractivity contribution in [3.63, 3.8) is 0 Å². The van der Waals surface area contributed by atoms with Crippen LogP contribution < -0.4 is 0 Å². The molecular formula is C10H20O3. The van der Waals surface area contributed by atoms with Crippen molar-refractivity contribution in [2.75, 3.05) is 20.8 Å².